The van der Waals surface area contributed by atoms with Crippen molar-refractivity contribution in [2.24, 2.45) is 11.5 Å². The molecule has 0 aliphatic rings. The molecule has 6 rings (SSSR count). The highest BCUT2D eigenvalue weighted by Crippen LogP contribution is 2.37. The third-order valence-corrected chi connectivity index (χ3v) is 11.0. The van der Waals surface area contributed by atoms with Crippen LogP contribution in [0.3, 0.4) is 0 Å². The number of esters is 2. The van der Waals surface area contributed by atoms with Crippen molar-refractivity contribution >= 4 is 52.9 Å². The maximum Gasteiger partial charge on any atom is 0.328 e. The van der Waals surface area contributed by atoms with E-state index in [0.29, 0.717) is 33.6 Å². The molecule has 23 heteroatoms. The molecule has 2 amide bonds. The zero-order valence-electron chi connectivity index (χ0n) is 35.9. The number of aromatic nitrogens is 6. The molecule has 67 heavy (non-hydrogen) atoms. The lowest BCUT2D eigenvalue weighted by Gasteiger charge is -2.23. The molecule has 346 valence electrons. The minimum absolute atomic E-state index is 0.0106. The molecule has 0 saturated carbocycles. The first-order valence-electron chi connectivity index (χ1n) is 20.4. The first kappa shape index (κ1) is 48.7. The van der Waals surface area contributed by atoms with E-state index in [9.17, 15) is 29.7 Å². The molecule has 0 aliphatic carbocycles. The number of anilines is 1. The monoisotopic (exact) mass is 949 g/mol. The molecule has 0 bridgehead atoms. The van der Waals surface area contributed by atoms with Crippen molar-refractivity contribution in [2.45, 2.75) is 67.7 Å². The number of nitrogen functional groups attached to an aromatic ring is 1. The molecule has 5 unspecified atom stereocenters. The molecule has 10 N–H and O–H groups in total. The molecule has 0 fully saturated rings. The average Bonchev–Trinajstić information content (AvgIpc) is 4.14. The molecule has 0 radical (unpaired) electrons. The molecule has 4 heterocycles. The van der Waals surface area contributed by atoms with Gasteiger partial charge in [-0.3, -0.25) is 9.59 Å². The van der Waals surface area contributed by atoms with E-state index in [2.05, 4.69) is 52.7 Å². The Hall–Kier alpha value is -7.76. The summed E-state index contributed by atoms with van der Waals surface area (Å²) in [7, 11) is 0. The number of nitrogens with zero attached hydrogens (tertiary/aromatic N) is 6. The number of nitriles is 2. The fraction of sp³-hybridized carbons (Fsp3) is 0.273. The van der Waals surface area contributed by atoms with Crippen LogP contribution in [0.25, 0.3) is 22.6 Å². The van der Waals surface area contributed by atoms with E-state index in [1.807, 2.05) is 0 Å². The molecule has 21 nitrogen and oxygen atoms in total. The Labute approximate surface area is 392 Å². The standard InChI is InChI=1S/C44H44ClN13O8S/c1-23(55-39(59)35(48)11-28-15-51-21-53-28)43(61)65-19-32(66-44(62)24(2)56-40(60)36(49)12-29-16-52-22-54-29)18-63-31-9-5-25(6-10-31)37-33(13-46)38(50)58-42(34(37)14-47)67-20-30-17-64-41(57-30)26-3-7-27(45)8-4-26/h3-10,15-17,21-24,32,35-36H,11-12,18-20,48-49H2,1-2H3,(H2,50,58)(H,51,53)(H,52,54)(H,55,59)(H,56,60). The van der Waals surface area contributed by atoms with Crippen LogP contribution in [0.1, 0.15) is 42.1 Å². The van der Waals surface area contributed by atoms with Gasteiger partial charge in [0, 0.05) is 58.5 Å². The van der Waals surface area contributed by atoms with Crippen molar-refractivity contribution in [3.63, 3.8) is 0 Å². The number of imidazole rings is 2. The smallest absolute Gasteiger partial charge is 0.328 e. The van der Waals surface area contributed by atoms with Gasteiger partial charge in [0.25, 0.3) is 0 Å². The van der Waals surface area contributed by atoms with Crippen molar-refractivity contribution in [1.82, 2.24) is 40.5 Å². The minimum atomic E-state index is -1.23. The topological polar surface area (TPSA) is 342 Å². The van der Waals surface area contributed by atoms with E-state index >= 15 is 0 Å². The quantitative estimate of drug-likeness (QED) is 0.0402. The molecular weight excluding hydrogens is 906 g/mol. The van der Waals surface area contributed by atoms with Gasteiger partial charge in [-0.05, 0) is 55.8 Å². The van der Waals surface area contributed by atoms with Crippen molar-refractivity contribution < 1.29 is 37.8 Å². The second kappa shape index (κ2) is 22.9. The molecule has 4 aromatic heterocycles. The van der Waals surface area contributed by atoms with Gasteiger partial charge in [0.2, 0.25) is 17.7 Å². The highest BCUT2D eigenvalue weighted by molar-refractivity contribution is 7.98. The Morgan fingerprint density at radius 2 is 1.40 bits per heavy atom. The Bertz CT molecular complexity index is 2740. The third-order valence-electron chi connectivity index (χ3n) is 9.78. The molecule has 0 spiro atoms. The highest BCUT2D eigenvalue weighted by Gasteiger charge is 2.28. The highest BCUT2D eigenvalue weighted by atomic mass is 35.5. The molecule has 0 saturated heterocycles. The van der Waals surface area contributed by atoms with Crippen LogP contribution in [0.15, 0.2) is 89.3 Å². The van der Waals surface area contributed by atoms with Gasteiger partial charge >= 0.3 is 11.9 Å². The summed E-state index contributed by atoms with van der Waals surface area (Å²) in [5.74, 6) is -2.19. The number of H-pyrrole nitrogens is 2. The Morgan fingerprint density at radius 1 is 0.821 bits per heavy atom. The summed E-state index contributed by atoms with van der Waals surface area (Å²) >= 11 is 7.19. The fourth-order valence-electron chi connectivity index (χ4n) is 6.23. The van der Waals surface area contributed by atoms with Crippen LogP contribution >= 0.6 is 23.4 Å². The Kier molecular flexibility index (Phi) is 16.7. The van der Waals surface area contributed by atoms with E-state index in [1.54, 1.807) is 48.5 Å². The summed E-state index contributed by atoms with van der Waals surface area (Å²) in [6, 6.07) is 13.2. The number of benzene rings is 2. The number of aromatic amines is 2. The van der Waals surface area contributed by atoms with Crippen LogP contribution < -0.4 is 32.6 Å². The van der Waals surface area contributed by atoms with Crippen molar-refractivity contribution in [3.8, 4) is 40.5 Å². The van der Waals surface area contributed by atoms with Gasteiger partial charge in [-0.2, -0.15) is 10.5 Å². The lowest BCUT2D eigenvalue weighted by Crippen LogP contribution is -2.50. The molecule has 2 aromatic carbocycles. The molecule has 6 aromatic rings. The number of nitrogens with one attached hydrogen (secondary N) is 4. The molecule has 5 atom stereocenters. The van der Waals surface area contributed by atoms with Crippen LogP contribution in [-0.2, 0) is 47.2 Å². The second-order valence-corrected chi connectivity index (χ2v) is 16.3. The fourth-order valence-corrected chi connectivity index (χ4v) is 7.23. The van der Waals surface area contributed by atoms with Gasteiger partial charge in [-0.15, -0.1) is 0 Å². The van der Waals surface area contributed by atoms with Gasteiger partial charge in [-0.25, -0.2) is 29.5 Å². The molecular formula is C44H44ClN13O8S. The Balaban J connectivity index is 1.13. The summed E-state index contributed by atoms with van der Waals surface area (Å²) in [4.78, 5) is 74.3. The van der Waals surface area contributed by atoms with Gasteiger partial charge in [0.05, 0.1) is 36.0 Å². The number of hydrogen-bond donors (Lipinski definition) is 7. The summed E-state index contributed by atoms with van der Waals surface area (Å²) in [5.41, 5.74) is 21.6. The van der Waals surface area contributed by atoms with E-state index in [1.165, 1.54) is 56.9 Å². The number of halogens is 1. The van der Waals surface area contributed by atoms with Crippen LogP contribution in [0.2, 0.25) is 5.02 Å². The van der Waals surface area contributed by atoms with E-state index in [-0.39, 0.29) is 58.5 Å². The van der Waals surface area contributed by atoms with Crippen LogP contribution in [0.5, 0.6) is 5.75 Å². The van der Waals surface area contributed by atoms with Gasteiger partial charge in [-0.1, -0.05) is 35.5 Å². The largest absolute Gasteiger partial charge is 0.490 e. The minimum Gasteiger partial charge on any atom is -0.490 e. The zero-order valence-corrected chi connectivity index (χ0v) is 37.5. The lowest BCUT2D eigenvalue weighted by molar-refractivity contribution is -0.163. The van der Waals surface area contributed by atoms with Crippen molar-refractivity contribution in [3.05, 3.63) is 113 Å². The number of ether oxygens (including phenoxy) is 3. The first-order valence-corrected chi connectivity index (χ1v) is 21.7. The van der Waals surface area contributed by atoms with Crippen LogP contribution in [0, 0.1) is 22.7 Å². The maximum absolute atomic E-state index is 13.3. The van der Waals surface area contributed by atoms with E-state index in [0.717, 1.165) is 5.56 Å². The number of amides is 2. The number of carbonyl (C=O) groups excluding carboxylic acids is 4. The second-order valence-electron chi connectivity index (χ2n) is 14.9. The van der Waals surface area contributed by atoms with E-state index in [4.69, 9.17) is 47.4 Å². The first-order chi connectivity index (χ1) is 32.2. The van der Waals surface area contributed by atoms with Crippen molar-refractivity contribution in [2.75, 3.05) is 18.9 Å². The van der Waals surface area contributed by atoms with Gasteiger partial charge in [0.15, 0.2) is 6.10 Å². The zero-order chi connectivity index (χ0) is 48.0. The number of hydrogen-bond acceptors (Lipinski definition) is 18. The average molecular weight is 950 g/mol. The van der Waals surface area contributed by atoms with Gasteiger partial charge in [0.1, 0.15) is 65.9 Å². The van der Waals surface area contributed by atoms with Gasteiger partial charge < -0.3 is 56.4 Å². The maximum atomic E-state index is 13.3. The summed E-state index contributed by atoms with van der Waals surface area (Å²) < 4.78 is 22.7. The number of carbonyl (C=O) groups is 4. The van der Waals surface area contributed by atoms with Crippen LogP contribution in [0.4, 0.5) is 5.82 Å². The van der Waals surface area contributed by atoms with E-state index < -0.39 is 60.6 Å². The summed E-state index contributed by atoms with van der Waals surface area (Å²) in [6.07, 6.45) is 6.46. The number of rotatable bonds is 21. The number of nitrogens with two attached hydrogens (primary N) is 3. The lowest BCUT2D eigenvalue weighted by atomic mass is 9.97. The summed E-state index contributed by atoms with van der Waals surface area (Å²) in [5, 5.41) is 26.3. The normalized spacial score (nSPS) is 13.2. The predicted molar refractivity (Wildman–Crippen MR) is 242 cm³/mol. The number of pyridine rings is 1. The molecule has 0 aliphatic heterocycles. The number of thioether (sulfide) groups is 1. The Morgan fingerprint density at radius 3 is 1.97 bits per heavy atom. The summed E-state index contributed by atoms with van der Waals surface area (Å²) in [6.45, 7) is 1.92. The number of oxazole rings is 1. The SMILES string of the molecule is CC(NC(=O)C(N)Cc1cnc[nH]1)C(=O)OCC(COc1ccc(-c2c(C#N)c(N)nc(SCc3coc(-c4ccc(Cl)cc4)n3)c2C#N)cc1)OC(=O)C(C)NC(=O)C(N)Cc1cnc[nH]1. The van der Waals surface area contributed by atoms with Crippen LogP contribution in [-0.4, -0.2) is 97.1 Å². The third kappa shape index (κ3) is 13.2. The predicted octanol–water partition coefficient (Wildman–Crippen LogP) is 3.10. The van der Waals surface area contributed by atoms with Crippen molar-refractivity contribution in [1.29, 1.82) is 10.5 Å².